The fraction of sp³-hybridized carbons (Fsp3) is 0.0435. The van der Waals surface area contributed by atoms with Gasteiger partial charge < -0.3 is 4.74 Å². The second-order valence-corrected chi connectivity index (χ2v) is 8.45. The Labute approximate surface area is 195 Å². The molecule has 142 valence electrons. The molecule has 0 saturated carbocycles. The molecule has 0 spiro atoms. The van der Waals surface area contributed by atoms with Gasteiger partial charge in [0.1, 0.15) is 18.2 Å². The van der Waals surface area contributed by atoms with Crippen LogP contribution in [0.4, 0.5) is 4.39 Å². The van der Waals surface area contributed by atoms with Crippen LogP contribution in [0, 0.1) is 35.6 Å². The quantitative estimate of drug-likeness (QED) is 0.188. The van der Waals surface area contributed by atoms with Gasteiger partial charge in [0.25, 0.3) is 0 Å². The van der Waals surface area contributed by atoms with Crippen LogP contribution in [0.5, 0.6) is 5.75 Å². The summed E-state index contributed by atoms with van der Waals surface area (Å²) in [6.45, 7) is 0.225. The van der Waals surface area contributed by atoms with E-state index in [9.17, 15) is 14.9 Å². The van der Waals surface area contributed by atoms with Crippen LogP contribution < -0.4 is 4.74 Å². The summed E-state index contributed by atoms with van der Waals surface area (Å²) in [5, 5.41) is 18.9. The first-order valence-corrected chi connectivity index (χ1v) is 10.6. The van der Waals surface area contributed by atoms with Crippen molar-refractivity contribution in [3.63, 3.8) is 0 Å². The van der Waals surface area contributed by atoms with E-state index in [1.54, 1.807) is 24.3 Å². The molecular formula is C23H13FI2N2O. The van der Waals surface area contributed by atoms with Crippen molar-refractivity contribution in [1.82, 2.24) is 0 Å². The Kier molecular flexibility index (Phi) is 7.24. The summed E-state index contributed by atoms with van der Waals surface area (Å²) < 4.78 is 21.5. The van der Waals surface area contributed by atoms with Crippen molar-refractivity contribution >= 4 is 56.8 Å². The van der Waals surface area contributed by atoms with Crippen molar-refractivity contribution in [3.8, 4) is 17.9 Å². The molecule has 0 bridgehead atoms. The molecule has 0 aromatic heterocycles. The first-order chi connectivity index (χ1) is 14.0. The lowest BCUT2D eigenvalue weighted by molar-refractivity contribution is 0.303. The third-order valence-corrected chi connectivity index (χ3v) is 5.53. The number of hydrogen-bond donors (Lipinski definition) is 0. The SMILES string of the molecule is N#C/C(=C/c1cc(I)cc(I)c1OCc1ccccc1C#N)c1cccc(F)c1. The minimum atomic E-state index is -0.398. The Morgan fingerprint density at radius 2 is 1.83 bits per heavy atom. The number of allylic oxidation sites excluding steroid dienone is 1. The molecule has 3 aromatic carbocycles. The summed E-state index contributed by atoms with van der Waals surface area (Å²) >= 11 is 4.39. The summed E-state index contributed by atoms with van der Waals surface area (Å²) in [4.78, 5) is 0. The van der Waals surface area contributed by atoms with Crippen LogP contribution in [0.3, 0.4) is 0 Å². The van der Waals surface area contributed by atoms with Crippen LogP contribution in [0.25, 0.3) is 11.6 Å². The molecule has 0 saturated heterocycles. The zero-order chi connectivity index (χ0) is 20.8. The fourth-order valence-electron chi connectivity index (χ4n) is 2.74. The van der Waals surface area contributed by atoms with Crippen LogP contribution in [0.2, 0.25) is 0 Å². The number of halogens is 3. The van der Waals surface area contributed by atoms with E-state index in [1.807, 2.05) is 30.3 Å². The third-order valence-electron chi connectivity index (χ3n) is 4.10. The maximum Gasteiger partial charge on any atom is 0.140 e. The number of benzene rings is 3. The van der Waals surface area contributed by atoms with Gasteiger partial charge in [-0.05, 0) is 87.2 Å². The first-order valence-electron chi connectivity index (χ1n) is 8.49. The highest BCUT2D eigenvalue weighted by Gasteiger charge is 2.12. The molecule has 0 amide bonds. The molecule has 0 radical (unpaired) electrons. The Morgan fingerprint density at radius 1 is 1.03 bits per heavy atom. The maximum absolute atomic E-state index is 13.6. The number of nitriles is 2. The summed E-state index contributed by atoms with van der Waals surface area (Å²) in [6, 6.07) is 21.4. The molecule has 0 aliphatic heterocycles. The van der Waals surface area contributed by atoms with Crippen molar-refractivity contribution in [2.24, 2.45) is 0 Å². The van der Waals surface area contributed by atoms with E-state index in [4.69, 9.17) is 4.74 Å². The van der Waals surface area contributed by atoms with Gasteiger partial charge in [-0.3, -0.25) is 0 Å². The molecular weight excluding hydrogens is 593 g/mol. The lowest BCUT2D eigenvalue weighted by Crippen LogP contribution is -2.01. The number of hydrogen-bond acceptors (Lipinski definition) is 3. The van der Waals surface area contributed by atoms with Crippen LogP contribution in [0.15, 0.2) is 60.7 Å². The number of rotatable bonds is 5. The third kappa shape index (κ3) is 5.34. The van der Waals surface area contributed by atoms with Gasteiger partial charge in [0.05, 0.1) is 26.8 Å². The summed E-state index contributed by atoms with van der Waals surface area (Å²) in [5.41, 5.74) is 2.90. The predicted molar refractivity (Wildman–Crippen MR) is 127 cm³/mol. The molecule has 0 atom stereocenters. The Balaban J connectivity index is 2.01. The summed E-state index contributed by atoms with van der Waals surface area (Å²) in [7, 11) is 0. The molecule has 3 nitrogen and oxygen atoms in total. The molecule has 3 aromatic rings. The van der Waals surface area contributed by atoms with Crippen molar-refractivity contribution in [2.75, 3.05) is 0 Å². The first kappa shape index (κ1) is 21.3. The monoisotopic (exact) mass is 606 g/mol. The van der Waals surface area contributed by atoms with Crippen molar-refractivity contribution in [2.45, 2.75) is 6.61 Å². The minimum Gasteiger partial charge on any atom is -0.487 e. The Hall–Kier alpha value is -2.43. The molecule has 0 aliphatic carbocycles. The van der Waals surface area contributed by atoms with E-state index in [-0.39, 0.29) is 6.61 Å². The van der Waals surface area contributed by atoms with Crippen LogP contribution in [-0.4, -0.2) is 0 Å². The lowest BCUT2D eigenvalue weighted by Gasteiger charge is -2.13. The second-order valence-electron chi connectivity index (χ2n) is 6.04. The zero-order valence-electron chi connectivity index (χ0n) is 15.0. The molecule has 0 unspecified atom stereocenters. The van der Waals surface area contributed by atoms with E-state index in [0.717, 1.165) is 18.3 Å². The molecule has 0 fully saturated rings. The van der Waals surface area contributed by atoms with E-state index in [0.29, 0.717) is 22.4 Å². The standard InChI is InChI=1S/C23H13FI2N2O/c24-20-7-3-6-15(9-20)19(13-28)8-18-10-21(25)11-22(26)23(18)29-14-17-5-2-1-4-16(17)12-27/h1-11H,14H2/b19-8-. The molecule has 0 aliphatic rings. The number of nitrogens with zero attached hydrogens (tertiary/aromatic N) is 2. The normalized spacial score (nSPS) is 10.9. The van der Waals surface area contributed by atoms with Gasteiger partial charge in [0.15, 0.2) is 0 Å². The molecule has 6 heteroatoms. The van der Waals surface area contributed by atoms with E-state index in [1.165, 1.54) is 12.1 Å². The van der Waals surface area contributed by atoms with Crippen LogP contribution >= 0.6 is 45.2 Å². The summed E-state index contributed by atoms with van der Waals surface area (Å²) in [6.07, 6.45) is 1.70. The van der Waals surface area contributed by atoms with Gasteiger partial charge in [-0.2, -0.15) is 10.5 Å². The molecule has 29 heavy (non-hydrogen) atoms. The fourth-order valence-corrected chi connectivity index (χ4v) is 4.78. The van der Waals surface area contributed by atoms with Crippen molar-refractivity contribution in [1.29, 1.82) is 10.5 Å². The highest BCUT2D eigenvalue weighted by molar-refractivity contribution is 14.1. The molecule has 0 N–H and O–H groups in total. The lowest BCUT2D eigenvalue weighted by atomic mass is 10.0. The van der Waals surface area contributed by atoms with Gasteiger partial charge in [0.2, 0.25) is 0 Å². The van der Waals surface area contributed by atoms with Gasteiger partial charge in [-0.25, -0.2) is 4.39 Å². The molecule has 0 heterocycles. The van der Waals surface area contributed by atoms with Gasteiger partial charge in [-0.1, -0.05) is 30.3 Å². The van der Waals surface area contributed by atoms with E-state index >= 15 is 0 Å². The van der Waals surface area contributed by atoms with Crippen LogP contribution in [-0.2, 0) is 6.61 Å². The van der Waals surface area contributed by atoms with E-state index in [2.05, 4.69) is 57.3 Å². The highest BCUT2D eigenvalue weighted by atomic mass is 127. The molecule has 3 rings (SSSR count). The maximum atomic E-state index is 13.6. The predicted octanol–water partition coefficient (Wildman–Crippen LogP) is 6.55. The van der Waals surface area contributed by atoms with E-state index < -0.39 is 5.82 Å². The second kappa shape index (κ2) is 9.86. The van der Waals surface area contributed by atoms with Crippen LogP contribution in [0.1, 0.15) is 22.3 Å². The van der Waals surface area contributed by atoms with Gasteiger partial charge >= 0.3 is 0 Å². The highest BCUT2D eigenvalue weighted by Crippen LogP contribution is 2.32. The van der Waals surface area contributed by atoms with Gasteiger partial charge in [-0.15, -0.1) is 0 Å². The topological polar surface area (TPSA) is 56.8 Å². The smallest absolute Gasteiger partial charge is 0.140 e. The zero-order valence-corrected chi connectivity index (χ0v) is 19.3. The largest absolute Gasteiger partial charge is 0.487 e. The Morgan fingerprint density at radius 3 is 2.55 bits per heavy atom. The number of ether oxygens (including phenoxy) is 1. The Bertz CT molecular complexity index is 1180. The van der Waals surface area contributed by atoms with Gasteiger partial charge in [0, 0.05) is 14.7 Å². The summed E-state index contributed by atoms with van der Waals surface area (Å²) in [5.74, 6) is 0.216. The van der Waals surface area contributed by atoms with Crippen molar-refractivity contribution in [3.05, 3.63) is 95.9 Å². The average molecular weight is 606 g/mol. The minimum absolute atomic E-state index is 0.225. The average Bonchev–Trinajstić information content (AvgIpc) is 2.71. The van der Waals surface area contributed by atoms with Crippen molar-refractivity contribution < 1.29 is 9.13 Å².